The number of ether oxygens (including phenoxy) is 1. The van der Waals surface area contributed by atoms with Crippen LogP contribution in [0.15, 0.2) is 24.4 Å². The molecule has 2 aromatic rings. The summed E-state index contributed by atoms with van der Waals surface area (Å²) in [6, 6.07) is 4.61. The van der Waals surface area contributed by atoms with Crippen LogP contribution in [-0.4, -0.2) is 28.6 Å². The number of rotatable bonds is 7. The highest BCUT2D eigenvalue weighted by Gasteiger charge is 2.12. The average molecular weight is 355 g/mol. The van der Waals surface area contributed by atoms with Crippen molar-refractivity contribution in [2.45, 2.75) is 19.8 Å². The van der Waals surface area contributed by atoms with Gasteiger partial charge in [-0.15, -0.1) is 11.3 Å². The zero-order valence-corrected chi connectivity index (χ0v) is 13.9. The van der Waals surface area contributed by atoms with Gasteiger partial charge in [-0.3, -0.25) is 4.79 Å². The quantitative estimate of drug-likeness (QED) is 0.794. The van der Waals surface area contributed by atoms with Crippen LogP contribution in [0.2, 0.25) is 5.02 Å². The van der Waals surface area contributed by atoms with Crippen LogP contribution in [-0.2, 0) is 11.2 Å². The Bertz CT molecular complexity index is 717. The zero-order valence-electron chi connectivity index (χ0n) is 12.3. The van der Waals surface area contributed by atoms with Gasteiger partial charge in [-0.25, -0.2) is 9.78 Å². The Morgan fingerprint density at radius 3 is 2.87 bits per heavy atom. The molecule has 0 aliphatic carbocycles. The van der Waals surface area contributed by atoms with Gasteiger partial charge in [0.25, 0.3) is 5.91 Å². The molecular formula is C15H15ClN2O4S. The molecule has 0 saturated carbocycles. The first-order chi connectivity index (χ1) is 11.0. The SMILES string of the molecule is CCCc1ncc(C(=O)Nc2ccc(OCC(=O)O)c(Cl)c2)s1. The van der Waals surface area contributed by atoms with Crippen LogP contribution in [0.1, 0.15) is 28.0 Å². The van der Waals surface area contributed by atoms with E-state index in [1.54, 1.807) is 12.3 Å². The summed E-state index contributed by atoms with van der Waals surface area (Å²) in [5.41, 5.74) is 0.494. The van der Waals surface area contributed by atoms with Crippen molar-refractivity contribution < 1.29 is 19.4 Å². The second-order valence-electron chi connectivity index (χ2n) is 4.65. The van der Waals surface area contributed by atoms with Crippen molar-refractivity contribution in [3.05, 3.63) is 39.3 Å². The lowest BCUT2D eigenvalue weighted by Gasteiger charge is -2.08. The zero-order chi connectivity index (χ0) is 16.8. The van der Waals surface area contributed by atoms with Crippen LogP contribution in [0.4, 0.5) is 5.69 Å². The second-order valence-corrected chi connectivity index (χ2v) is 6.17. The molecule has 0 atom stereocenters. The van der Waals surface area contributed by atoms with Gasteiger partial charge < -0.3 is 15.2 Å². The van der Waals surface area contributed by atoms with Crippen molar-refractivity contribution in [2.24, 2.45) is 0 Å². The van der Waals surface area contributed by atoms with E-state index in [9.17, 15) is 9.59 Å². The topological polar surface area (TPSA) is 88.5 Å². The van der Waals surface area contributed by atoms with Crippen molar-refractivity contribution in [3.8, 4) is 5.75 Å². The Hall–Kier alpha value is -2.12. The molecule has 0 unspecified atom stereocenters. The van der Waals surface area contributed by atoms with Gasteiger partial charge in [0.05, 0.1) is 16.2 Å². The second kappa shape index (κ2) is 7.94. The Labute approximate surface area is 142 Å². The third kappa shape index (κ3) is 4.94. The molecule has 0 fully saturated rings. The van der Waals surface area contributed by atoms with E-state index in [2.05, 4.69) is 17.2 Å². The molecule has 23 heavy (non-hydrogen) atoms. The molecule has 1 amide bonds. The first kappa shape index (κ1) is 17.2. The molecule has 0 spiro atoms. The maximum atomic E-state index is 12.2. The van der Waals surface area contributed by atoms with Crippen LogP contribution >= 0.6 is 22.9 Å². The number of anilines is 1. The molecule has 6 nitrogen and oxygen atoms in total. The molecule has 1 aromatic carbocycles. The predicted molar refractivity (Wildman–Crippen MR) is 88.6 cm³/mol. The highest BCUT2D eigenvalue weighted by Crippen LogP contribution is 2.28. The number of nitrogens with one attached hydrogen (secondary N) is 1. The standard InChI is InChI=1S/C15H15ClN2O4S/c1-2-3-13-17-7-12(23-13)15(21)18-9-4-5-11(10(16)6-9)22-8-14(19)20/h4-7H,2-3,8H2,1H3,(H,18,21)(H,19,20). The largest absolute Gasteiger partial charge is 0.480 e. The lowest BCUT2D eigenvalue weighted by molar-refractivity contribution is -0.139. The summed E-state index contributed by atoms with van der Waals surface area (Å²) in [5, 5.41) is 12.4. The number of carboxylic acid groups (broad SMARTS) is 1. The fourth-order valence-corrected chi connectivity index (χ4v) is 2.92. The lowest BCUT2D eigenvalue weighted by Crippen LogP contribution is -2.11. The average Bonchev–Trinajstić information content (AvgIpc) is 2.95. The van der Waals surface area contributed by atoms with Crippen molar-refractivity contribution in [1.29, 1.82) is 0 Å². The van der Waals surface area contributed by atoms with Gasteiger partial charge >= 0.3 is 5.97 Å². The predicted octanol–water partition coefficient (Wildman–Crippen LogP) is 3.46. The fraction of sp³-hybridized carbons (Fsp3) is 0.267. The van der Waals surface area contributed by atoms with Crippen molar-refractivity contribution >= 4 is 40.5 Å². The number of nitrogens with zero attached hydrogens (tertiary/aromatic N) is 1. The number of carboxylic acids is 1. The summed E-state index contributed by atoms with van der Waals surface area (Å²) >= 11 is 7.37. The number of halogens is 1. The third-order valence-electron chi connectivity index (χ3n) is 2.78. The smallest absolute Gasteiger partial charge is 0.341 e. The number of amides is 1. The van der Waals surface area contributed by atoms with E-state index in [1.165, 1.54) is 23.5 Å². The Balaban J connectivity index is 2.02. The minimum atomic E-state index is -1.09. The molecule has 0 saturated heterocycles. The minimum Gasteiger partial charge on any atom is -0.480 e. The lowest BCUT2D eigenvalue weighted by atomic mass is 10.3. The van der Waals surface area contributed by atoms with E-state index >= 15 is 0 Å². The Morgan fingerprint density at radius 1 is 1.43 bits per heavy atom. The van der Waals surface area contributed by atoms with E-state index in [0.717, 1.165) is 17.8 Å². The molecule has 122 valence electrons. The molecule has 8 heteroatoms. The number of aliphatic carboxylic acids is 1. The number of carbonyl (C=O) groups excluding carboxylic acids is 1. The van der Waals surface area contributed by atoms with Gasteiger partial charge in [0.2, 0.25) is 0 Å². The van der Waals surface area contributed by atoms with Gasteiger partial charge in [0.15, 0.2) is 6.61 Å². The summed E-state index contributed by atoms with van der Waals surface area (Å²) in [6.45, 7) is 1.57. The number of hydrogen-bond donors (Lipinski definition) is 2. The fourth-order valence-electron chi connectivity index (χ4n) is 1.77. The molecule has 0 radical (unpaired) electrons. The number of thiazole rings is 1. The number of aryl methyl sites for hydroxylation is 1. The first-order valence-corrected chi connectivity index (χ1v) is 8.09. The van der Waals surface area contributed by atoms with Gasteiger partial charge in [0.1, 0.15) is 10.6 Å². The van der Waals surface area contributed by atoms with E-state index < -0.39 is 12.6 Å². The number of aromatic nitrogens is 1. The number of hydrogen-bond acceptors (Lipinski definition) is 5. The first-order valence-electron chi connectivity index (χ1n) is 6.89. The van der Waals surface area contributed by atoms with Crippen LogP contribution in [0.3, 0.4) is 0 Å². The maximum Gasteiger partial charge on any atom is 0.341 e. The monoisotopic (exact) mass is 354 g/mol. The highest BCUT2D eigenvalue weighted by atomic mass is 35.5. The molecule has 2 N–H and O–H groups in total. The maximum absolute atomic E-state index is 12.2. The molecule has 0 aliphatic rings. The third-order valence-corrected chi connectivity index (χ3v) is 4.13. The number of benzene rings is 1. The van der Waals surface area contributed by atoms with Crippen LogP contribution in [0.5, 0.6) is 5.75 Å². The summed E-state index contributed by atoms with van der Waals surface area (Å²) < 4.78 is 5.02. The summed E-state index contributed by atoms with van der Waals surface area (Å²) in [6.07, 6.45) is 3.37. The van der Waals surface area contributed by atoms with Gasteiger partial charge in [-0.05, 0) is 31.0 Å². The van der Waals surface area contributed by atoms with E-state index in [1.807, 2.05) is 0 Å². The molecule has 0 aliphatic heterocycles. The molecular weight excluding hydrogens is 340 g/mol. The summed E-state index contributed by atoms with van der Waals surface area (Å²) in [5.74, 6) is -1.11. The Morgan fingerprint density at radius 2 is 2.22 bits per heavy atom. The normalized spacial score (nSPS) is 10.3. The highest BCUT2D eigenvalue weighted by molar-refractivity contribution is 7.13. The van der Waals surface area contributed by atoms with Gasteiger partial charge in [-0.1, -0.05) is 18.5 Å². The Kier molecular flexibility index (Phi) is 5.95. The van der Waals surface area contributed by atoms with Crippen molar-refractivity contribution in [2.75, 3.05) is 11.9 Å². The van der Waals surface area contributed by atoms with E-state index in [0.29, 0.717) is 10.6 Å². The van der Waals surface area contributed by atoms with E-state index in [4.69, 9.17) is 21.4 Å². The minimum absolute atomic E-state index is 0.222. The summed E-state index contributed by atoms with van der Waals surface area (Å²) in [4.78, 5) is 27.3. The van der Waals surface area contributed by atoms with E-state index in [-0.39, 0.29) is 16.7 Å². The van der Waals surface area contributed by atoms with Crippen LogP contribution in [0.25, 0.3) is 0 Å². The molecule has 1 heterocycles. The van der Waals surface area contributed by atoms with Crippen molar-refractivity contribution in [3.63, 3.8) is 0 Å². The summed E-state index contributed by atoms with van der Waals surface area (Å²) in [7, 11) is 0. The van der Waals surface area contributed by atoms with Crippen molar-refractivity contribution in [1.82, 2.24) is 4.98 Å². The van der Waals surface area contributed by atoms with Crippen LogP contribution in [0, 0.1) is 0 Å². The molecule has 0 bridgehead atoms. The van der Waals surface area contributed by atoms with Gasteiger partial charge in [-0.2, -0.15) is 0 Å². The molecule has 1 aromatic heterocycles. The number of carbonyl (C=O) groups is 2. The van der Waals surface area contributed by atoms with Gasteiger partial charge in [0, 0.05) is 5.69 Å². The molecule has 2 rings (SSSR count). The van der Waals surface area contributed by atoms with Crippen LogP contribution < -0.4 is 10.1 Å².